The Morgan fingerprint density at radius 2 is 0.850 bits per heavy atom. The van der Waals surface area contributed by atoms with Gasteiger partial charge in [-0.3, -0.25) is 9.59 Å². The fourth-order valence-corrected chi connectivity index (χ4v) is 19.9. The lowest BCUT2D eigenvalue weighted by atomic mass is 9.90. The predicted octanol–water partition coefficient (Wildman–Crippen LogP) is 27.0. The summed E-state index contributed by atoms with van der Waals surface area (Å²) in [7, 11) is -22.4. The van der Waals surface area contributed by atoms with Gasteiger partial charge >= 0.3 is 67.6 Å². The number of esters is 3. The lowest BCUT2D eigenvalue weighted by Gasteiger charge is -2.35. The first kappa shape index (κ1) is 108. The van der Waals surface area contributed by atoms with Gasteiger partial charge in [-0.1, -0.05) is 175 Å². The molecule has 0 amide bonds. The van der Waals surface area contributed by atoms with Gasteiger partial charge in [-0.15, -0.1) is 0 Å². The molecule has 0 saturated heterocycles. The third kappa shape index (κ3) is 27.7. The number of halogens is 15. The fourth-order valence-electron chi connectivity index (χ4n) is 10.5. The summed E-state index contributed by atoms with van der Waals surface area (Å²) in [5.74, 6) is -25.8. The van der Waals surface area contributed by atoms with Gasteiger partial charge in [0.1, 0.15) is 16.6 Å². The minimum absolute atomic E-state index is 0.00877. The lowest BCUT2D eigenvalue weighted by molar-refractivity contribution is -0.253. The van der Waals surface area contributed by atoms with Crippen molar-refractivity contribution in [2.24, 2.45) is 16.7 Å². The maximum absolute atomic E-state index is 14.0. The fraction of sp³-hybridized carbons (Fsp3) is 0.352. The van der Waals surface area contributed by atoms with Crippen LogP contribution >= 0.6 is 20.9 Å². The van der Waals surface area contributed by atoms with E-state index in [-0.39, 0.29) is 57.9 Å². The van der Waals surface area contributed by atoms with Crippen molar-refractivity contribution in [2.75, 3.05) is 19.8 Å². The highest BCUT2D eigenvalue weighted by molar-refractivity contribution is 8.13. The highest BCUT2D eigenvalue weighted by Gasteiger charge is 2.81. The molecule has 0 N–H and O–H groups in total. The number of hydrogen-bond acceptors (Lipinski definition) is 14. The van der Waals surface area contributed by atoms with Crippen LogP contribution in [0.5, 0.6) is 5.75 Å². The number of nitrogens with zero attached hydrogens (tertiary/aromatic N) is 1. The second-order valence-electron chi connectivity index (χ2n) is 29.7. The Kier molecular flexibility index (Phi) is 38.4. The smallest absolute Gasteiger partial charge is 0.465 e. The molecule has 0 saturated carbocycles. The molecule has 3 unspecified atom stereocenters. The minimum atomic E-state index is -7.96. The molecule has 15 nitrogen and oxygen atoms in total. The number of carbonyl (C=O) groups excluding carboxylic acids is 3. The Morgan fingerprint density at radius 1 is 0.472 bits per heavy atom. The number of thiophene rings is 2. The maximum Gasteiger partial charge on any atom is 0.480 e. The zero-order valence-corrected chi connectivity index (χ0v) is 76.4. The van der Waals surface area contributed by atoms with E-state index in [0.29, 0.717) is 41.1 Å². The van der Waals surface area contributed by atoms with Gasteiger partial charge in [-0.05, 0) is 182 Å². The zero-order chi connectivity index (χ0) is 95.8. The number of benzene rings is 8. The van der Waals surface area contributed by atoms with Gasteiger partial charge in [-0.2, -0.15) is 56.7 Å². The minimum Gasteiger partial charge on any atom is -0.465 e. The SMILES string of the molecule is C=C/C=C/[S+](/C=C/C=C)c1ccccc1.CCC(C)(C)C(=O)OCC(C)C(C)(F)F.CCC(C)c1ccc(OS(=O)(=O)C(F)(F)C(F)(F)C(F)(F)S(=O)(=O)[N-]S(=O)(=O)C(F)(F)F)cc1.CCOC(=O)C(C)(OCCC(F)(F)C(C)(F)F)OC(=O)C(C)(C)CC.c1ccc(-[s+]2c3ccccc3c3ccccc32)cc1.c1ccc(-[s+]2c3ccccc3c3ccccc32)cc1. The number of carbonyl (C=O) groups is 3. The molecule has 0 aliphatic carbocycles. The van der Waals surface area contributed by atoms with Crippen LogP contribution in [0.1, 0.15) is 127 Å². The molecular formula is C91H100F15NO14S6+2. The second kappa shape index (κ2) is 45.1. The van der Waals surface area contributed by atoms with Crippen LogP contribution in [0.4, 0.5) is 65.9 Å². The number of allylic oxidation sites excluding steroid dienone is 4. The van der Waals surface area contributed by atoms with Gasteiger partial charge in [0.25, 0.3) is 5.92 Å². The monoisotopic (exact) mass is 1910 g/mol. The third-order valence-corrected chi connectivity index (χ3v) is 30.1. The molecule has 0 bridgehead atoms. The van der Waals surface area contributed by atoms with Gasteiger partial charge in [0.2, 0.25) is 0 Å². The van der Waals surface area contributed by atoms with Crippen molar-refractivity contribution in [3.05, 3.63) is 270 Å². The summed E-state index contributed by atoms with van der Waals surface area (Å²) in [5, 5.41) is -4.74. The van der Waals surface area contributed by atoms with Gasteiger partial charge < -0.3 is 27.3 Å². The summed E-state index contributed by atoms with van der Waals surface area (Å²) in [4.78, 5) is 39.7. The number of fused-ring (bicyclic) bond motifs is 6. The maximum atomic E-state index is 14.0. The predicted molar refractivity (Wildman–Crippen MR) is 474 cm³/mol. The summed E-state index contributed by atoms with van der Waals surface area (Å²) in [6.07, 6.45) is 7.75. The third-order valence-electron chi connectivity index (χ3n) is 19.4. The van der Waals surface area contributed by atoms with Crippen LogP contribution < -0.4 is 4.18 Å². The van der Waals surface area contributed by atoms with Gasteiger partial charge in [0, 0.05) is 62.8 Å². The van der Waals surface area contributed by atoms with Gasteiger partial charge in [-0.25, -0.2) is 39.2 Å². The number of ether oxygens (including phenoxy) is 4. The van der Waals surface area contributed by atoms with Crippen molar-refractivity contribution in [2.45, 2.75) is 172 Å². The molecule has 0 spiro atoms. The van der Waals surface area contributed by atoms with Gasteiger partial charge in [0.05, 0.1) is 47.5 Å². The largest absolute Gasteiger partial charge is 0.480 e. The van der Waals surface area contributed by atoms with Crippen molar-refractivity contribution in [1.82, 2.24) is 0 Å². The Hall–Kier alpha value is -9.56. The summed E-state index contributed by atoms with van der Waals surface area (Å²) < 4.78 is 294. The summed E-state index contributed by atoms with van der Waals surface area (Å²) >= 11 is 0. The van der Waals surface area contributed by atoms with Crippen molar-refractivity contribution in [1.29, 1.82) is 0 Å². The molecule has 10 aromatic rings. The van der Waals surface area contributed by atoms with Crippen molar-refractivity contribution in [3.8, 4) is 15.5 Å². The van der Waals surface area contributed by atoms with Crippen LogP contribution in [0, 0.1) is 16.7 Å². The van der Waals surface area contributed by atoms with E-state index in [2.05, 4.69) is 210 Å². The van der Waals surface area contributed by atoms with Crippen LogP contribution in [0.25, 0.3) is 54.3 Å². The topological polar surface area (TPSA) is 214 Å². The van der Waals surface area contributed by atoms with E-state index in [4.69, 9.17) is 18.9 Å². The molecule has 3 atom stereocenters. The van der Waals surface area contributed by atoms with Crippen molar-refractivity contribution >= 4 is 120 Å². The first-order valence-corrected chi connectivity index (χ1v) is 47.1. The van der Waals surface area contributed by atoms with E-state index in [1.54, 1.807) is 60.6 Å². The molecule has 0 aliphatic rings. The zero-order valence-electron chi connectivity index (χ0n) is 71.5. The van der Waals surface area contributed by atoms with E-state index < -0.39 is 129 Å². The molecule has 2 heterocycles. The van der Waals surface area contributed by atoms with E-state index in [1.165, 1.54) is 68.9 Å². The normalized spacial score (nSPS) is 13.7. The van der Waals surface area contributed by atoms with Crippen LogP contribution in [0.2, 0.25) is 0 Å². The van der Waals surface area contributed by atoms with E-state index in [9.17, 15) is 105 Å². The van der Waals surface area contributed by atoms with Crippen molar-refractivity contribution in [3.63, 3.8) is 0 Å². The quantitative estimate of drug-likeness (QED) is 0.00730. The van der Waals surface area contributed by atoms with E-state index in [0.717, 1.165) is 26.0 Å². The standard InChI is InChI=1S/2C18H13S.C16H26F4O5.C14H13F9NO7S3.C14H15S.C11H20F2O2/c2*1-2-8-14(9-3-1)19-17-12-6-4-10-15(17)16-11-5-7-13-18(16)19;1-7-13(3,4)11(21)25-14(5,12(22)23-8-2)24-10-9-16(19,20)15(6,17)18;1-3-8(2)9-4-6-10(7-5-9)31-34(29,30)13(19,20)11(15,16)12(17,18)32(25,26)24-33(27,28)14(21,22)23;1-3-5-12-15(13-6-4-2)14-10-8-7-9-11-14;1-6-10(3,4)9(14)15-7-8(2)11(5,12)13/h2*1-13H;7-10H2,1-6H3;4-8H,3H2,1-2H3;3-13H,1-2H2;8H,6-7H2,1-5H3/q2*+1;;-1;+1;/b;;;;12-5+,13-6+;. The summed E-state index contributed by atoms with van der Waals surface area (Å²) in [5.41, 5.74) is -7.76. The Labute approximate surface area is 738 Å². The number of hydrogen-bond donors (Lipinski definition) is 0. The first-order valence-electron chi connectivity index (χ1n) is 39.0. The molecule has 2 aromatic heterocycles. The number of sulfonamides is 2. The van der Waals surface area contributed by atoms with Crippen LogP contribution in [-0.4, -0.2) is 108 Å². The molecule has 0 aliphatic heterocycles. The molecule has 8 aromatic carbocycles. The first-order chi connectivity index (χ1) is 58.9. The van der Waals surface area contributed by atoms with E-state index in [1.807, 2.05) is 25.1 Å². The number of alkyl halides is 15. The molecule has 0 radical (unpaired) electrons. The van der Waals surface area contributed by atoms with Crippen LogP contribution in [0.15, 0.2) is 265 Å². The van der Waals surface area contributed by atoms with Crippen LogP contribution in [0.3, 0.4) is 0 Å². The van der Waals surface area contributed by atoms with Crippen molar-refractivity contribution < 1.29 is 129 Å². The van der Waals surface area contributed by atoms with E-state index >= 15 is 0 Å². The molecule has 127 heavy (non-hydrogen) atoms. The average molecular weight is 1910 g/mol. The lowest BCUT2D eigenvalue weighted by Crippen LogP contribution is -2.61. The summed E-state index contributed by atoms with van der Waals surface area (Å²) in [6, 6.07) is 70.8. The second-order valence-corrected chi connectivity index (χ2v) is 40.5. The van der Waals surface area contributed by atoms with Gasteiger partial charge in [0.15, 0.2) is 53.5 Å². The molecule has 692 valence electrons. The Balaban J connectivity index is 0.000000277. The number of rotatable bonds is 32. The average Bonchev–Trinajstić information content (AvgIpc) is 1.49. The molecule has 10 rings (SSSR count). The molecule has 36 heteroatoms. The van der Waals surface area contributed by atoms with Crippen LogP contribution in [-0.2, 0) is 74.4 Å². The Bertz CT molecular complexity index is 5450. The Morgan fingerprint density at radius 3 is 1.20 bits per heavy atom. The molecule has 0 fully saturated rings. The molecular weight excluding hydrogens is 1810 g/mol. The highest BCUT2D eigenvalue weighted by atomic mass is 32.3. The highest BCUT2D eigenvalue weighted by Crippen LogP contribution is 2.55. The summed E-state index contributed by atoms with van der Waals surface area (Å²) in [6.45, 7) is 24.5.